The van der Waals surface area contributed by atoms with Crippen LogP contribution in [0.15, 0.2) is 5.38 Å². The second-order valence-electron chi connectivity index (χ2n) is 5.76. The van der Waals surface area contributed by atoms with Gasteiger partial charge in [0.25, 0.3) is 0 Å². The Morgan fingerprint density at radius 3 is 2.65 bits per heavy atom. The number of halogens is 1. The molecule has 2 nitrogen and oxygen atoms in total. The van der Waals surface area contributed by atoms with E-state index in [0.29, 0.717) is 17.3 Å². The van der Waals surface area contributed by atoms with Crippen LogP contribution in [-0.2, 0) is 5.88 Å². The zero-order valence-corrected chi connectivity index (χ0v) is 12.4. The second-order valence-corrected chi connectivity index (χ2v) is 6.87. The molecule has 1 aromatic rings. The van der Waals surface area contributed by atoms with Crippen molar-refractivity contribution in [2.75, 3.05) is 11.9 Å². The van der Waals surface area contributed by atoms with Gasteiger partial charge in [-0.05, 0) is 31.1 Å². The molecule has 0 radical (unpaired) electrons. The largest absolute Gasteiger partial charge is 0.348 e. The van der Waals surface area contributed by atoms with Crippen LogP contribution in [0.1, 0.15) is 45.2 Å². The maximum atomic E-state index is 5.79. The summed E-state index contributed by atoms with van der Waals surface area (Å²) in [6.45, 7) is 4.75. The first-order valence-corrected chi connectivity index (χ1v) is 7.66. The molecule has 0 spiro atoms. The van der Waals surface area contributed by atoms with Gasteiger partial charge in [-0.3, -0.25) is 0 Å². The Morgan fingerprint density at radius 2 is 2.12 bits per heavy atom. The van der Waals surface area contributed by atoms with Gasteiger partial charge in [0.1, 0.15) is 0 Å². The van der Waals surface area contributed by atoms with Crippen LogP contribution in [0.5, 0.6) is 0 Å². The molecule has 1 heterocycles. The van der Waals surface area contributed by atoms with E-state index in [1.54, 1.807) is 11.3 Å². The summed E-state index contributed by atoms with van der Waals surface area (Å²) in [6, 6.07) is 0.650. The molecular formula is C13H21ClN2S. The maximum absolute atomic E-state index is 5.79. The average molecular weight is 273 g/mol. The van der Waals surface area contributed by atoms with Crippen LogP contribution in [0.3, 0.4) is 0 Å². The summed E-state index contributed by atoms with van der Waals surface area (Å²) >= 11 is 7.50. The molecule has 0 aliphatic heterocycles. The van der Waals surface area contributed by atoms with E-state index in [2.05, 4.69) is 36.2 Å². The second kappa shape index (κ2) is 5.15. The van der Waals surface area contributed by atoms with Gasteiger partial charge in [0.2, 0.25) is 0 Å². The molecule has 96 valence electrons. The lowest BCUT2D eigenvalue weighted by atomic mass is 9.75. The average Bonchev–Trinajstić information content (AvgIpc) is 2.76. The molecule has 0 saturated heterocycles. The predicted molar refractivity (Wildman–Crippen MR) is 76.1 cm³/mol. The third kappa shape index (κ3) is 3.14. The smallest absolute Gasteiger partial charge is 0.185 e. The summed E-state index contributed by atoms with van der Waals surface area (Å²) in [7, 11) is 2.17. The number of hydrogen-bond donors (Lipinski definition) is 0. The van der Waals surface area contributed by atoms with Gasteiger partial charge >= 0.3 is 0 Å². The number of anilines is 1. The van der Waals surface area contributed by atoms with Crippen molar-refractivity contribution in [2.24, 2.45) is 5.41 Å². The highest BCUT2D eigenvalue weighted by Gasteiger charge is 2.29. The van der Waals surface area contributed by atoms with Crippen molar-refractivity contribution in [3.05, 3.63) is 11.1 Å². The third-order valence-corrected chi connectivity index (χ3v) is 5.09. The van der Waals surface area contributed by atoms with Gasteiger partial charge in [-0.15, -0.1) is 22.9 Å². The van der Waals surface area contributed by atoms with Crippen molar-refractivity contribution in [2.45, 2.75) is 51.5 Å². The summed E-state index contributed by atoms with van der Waals surface area (Å²) in [5.41, 5.74) is 1.52. The number of thiazole rings is 1. The van der Waals surface area contributed by atoms with Crippen LogP contribution in [-0.4, -0.2) is 18.1 Å². The first kappa shape index (κ1) is 13.2. The van der Waals surface area contributed by atoms with Gasteiger partial charge in [-0.1, -0.05) is 13.8 Å². The highest BCUT2D eigenvalue weighted by atomic mass is 35.5. The van der Waals surface area contributed by atoms with Gasteiger partial charge in [-0.25, -0.2) is 4.98 Å². The van der Waals surface area contributed by atoms with Gasteiger partial charge in [0.15, 0.2) is 5.13 Å². The zero-order valence-electron chi connectivity index (χ0n) is 10.9. The van der Waals surface area contributed by atoms with Crippen LogP contribution < -0.4 is 4.90 Å². The first-order chi connectivity index (χ1) is 8.02. The molecular weight excluding hydrogens is 252 g/mol. The van der Waals surface area contributed by atoms with Crippen molar-refractivity contribution < 1.29 is 0 Å². The van der Waals surface area contributed by atoms with E-state index in [9.17, 15) is 0 Å². The van der Waals surface area contributed by atoms with Gasteiger partial charge in [-0.2, -0.15) is 0 Å². The van der Waals surface area contributed by atoms with Crippen molar-refractivity contribution >= 4 is 28.1 Å². The summed E-state index contributed by atoms with van der Waals surface area (Å²) < 4.78 is 0. The lowest BCUT2D eigenvalue weighted by Gasteiger charge is -2.38. The predicted octanol–water partition coefficient (Wildman–Crippen LogP) is 4.29. The van der Waals surface area contributed by atoms with E-state index < -0.39 is 0 Å². The van der Waals surface area contributed by atoms with Crippen molar-refractivity contribution in [1.82, 2.24) is 4.98 Å². The minimum atomic E-state index is 0.516. The monoisotopic (exact) mass is 272 g/mol. The fourth-order valence-electron chi connectivity index (χ4n) is 2.45. The highest BCUT2D eigenvalue weighted by molar-refractivity contribution is 7.13. The molecule has 0 aromatic carbocycles. The summed E-state index contributed by atoms with van der Waals surface area (Å²) in [5.74, 6) is 0.516. The summed E-state index contributed by atoms with van der Waals surface area (Å²) in [6.07, 6.45) is 5.18. The Hall–Kier alpha value is -0.280. The van der Waals surface area contributed by atoms with E-state index in [1.807, 2.05) is 0 Å². The van der Waals surface area contributed by atoms with Crippen molar-refractivity contribution in [3.63, 3.8) is 0 Å². The zero-order chi connectivity index (χ0) is 12.5. The Balaban J connectivity index is 1.98. The lowest BCUT2D eigenvalue weighted by Crippen LogP contribution is -2.37. The molecule has 2 rings (SSSR count). The Morgan fingerprint density at radius 1 is 1.47 bits per heavy atom. The number of hydrogen-bond acceptors (Lipinski definition) is 3. The van der Waals surface area contributed by atoms with Crippen LogP contribution in [0.4, 0.5) is 5.13 Å². The third-order valence-electron chi connectivity index (χ3n) is 3.83. The molecule has 17 heavy (non-hydrogen) atoms. The van der Waals surface area contributed by atoms with Crippen LogP contribution in [0.25, 0.3) is 0 Å². The Bertz CT molecular complexity index is 365. The van der Waals surface area contributed by atoms with E-state index in [1.165, 1.54) is 25.7 Å². The number of aromatic nitrogens is 1. The van der Waals surface area contributed by atoms with Crippen LogP contribution >= 0.6 is 22.9 Å². The molecule has 0 amide bonds. The molecule has 1 aliphatic carbocycles. The fourth-order valence-corrected chi connectivity index (χ4v) is 3.54. The SMILES string of the molecule is CN(c1nc(CCl)cs1)C1CCC(C)(C)CC1. The normalized spacial score (nSPS) is 20.5. The standard InChI is InChI=1S/C13H21ClN2S/c1-13(2)6-4-11(5-7-13)16(3)12-15-10(8-14)9-17-12/h9,11H,4-8H2,1-3H3. The van der Waals surface area contributed by atoms with Gasteiger partial charge in [0, 0.05) is 18.5 Å². The summed E-state index contributed by atoms with van der Waals surface area (Å²) in [4.78, 5) is 6.90. The highest BCUT2D eigenvalue weighted by Crippen LogP contribution is 2.38. The Kier molecular flexibility index (Phi) is 3.99. The molecule has 0 N–H and O–H groups in total. The van der Waals surface area contributed by atoms with Crippen LogP contribution in [0.2, 0.25) is 0 Å². The molecule has 0 bridgehead atoms. The number of rotatable bonds is 3. The number of nitrogens with zero attached hydrogens (tertiary/aromatic N) is 2. The molecule has 0 unspecified atom stereocenters. The van der Waals surface area contributed by atoms with Crippen LogP contribution in [0, 0.1) is 5.41 Å². The van der Waals surface area contributed by atoms with Crippen molar-refractivity contribution in [3.8, 4) is 0 Å². The first-order valence-electron chi connectivity index (χ1n) is 6.25. The van der Waals surface area contributed by atoms with E-state index >= 15 is 0 Å². The minimum Gasteiger partial charge on any atom is -0.348 e. The summed E-state index contributed by atoms with van der Waals surface area (Å²) in [5, 5.41) is 3.18. The topological polar surface area (TPSA) is 16.1 Å². The number of alkyl halides is 1. The maximum Gasteiger partial charge on any atom is 0.185 e. The lowest BCUT2D eigenvalue weighted by molar-refractivity contribution is 0.222. The van der Waals surface area contributed by atoms with Crippen molar-refractivity contribution in [1.29, 1.82) is 0 Å². The minimum absolute atomic E-state index is 0.516. The quantitative estimate of drug-likeness (QED) is 0.763. The van der Waals surface area contributed by atoms with E-state index in [0.717, 1.165) is 10.8 Å². The fraction of sp³-hybridized carbons (Fsp3) is 0.769. The molecule has 1 fully saturated rings. The molecule has 0 atom stereocenters. The van der Waals surface area contributed by atoms with E-state index in [-0.39, 0.29) is 0 Å². The van der Waals surface area contributed by atoms with E-state index in [4.69, 9.17) is 11.6 Å². The molecule has 1 aliphatic rings. The van der Waals surface area contributed by atoms with Gasteiger partial charge in [0.05, 0.1) is 11.6 Å². The molecule has 4 heteroatoms. The molecule has 1 aromatic heterocycles. The van der Waals surface area contributed by atoms with Gasteiger partial charge < -0.3 is 4.90 Å². The Labute approximate surface area is 113 Å². The molecule has 1 saturated carbocycles.